The minimum absolute atomic E-state index is 0.164. The van der Waals surface area contributed by atoms with Crippen molar-refractivity contribution in [2.24, 2.45) is 0 Å². The minimum atomic E-state index is -0.295. The van der Waals surface area contributed by atoms with Crippen LogP contribution in [0.5, 0.6) is 0 Å². The molecule has 0 aromatic heterocycles. The molecule has 0 aliphatic carbocycles. The van der Waals surface area contributed by atoms with Crippen molar-refractivity contribution in [1.29, 1.82) is 0 Å². The van der Waals surface area contributed by atoms with Crippen LogP contribution < -0.4 is 0 Å². The van der Waals surface area contributed by atoms with Crippen molar-refractivity contribution >= 4 is 21.7 Å². The Morgan fingerprint density at radius 2 is 2.21 bits per heavy atom. The number of hydrogen-bond donors (Lipinski definition) is 0. The molecule has 0 radical (unpaired) electrons. The summed E-state index contributed by atoms with van der Waals surface area (Å²) in [5, 5.41) is 0. The number of hydrogen-bond acceptors (Lipinski definition) is 1. The lowest BCUT2D eigenvalue weighted by atomic mass is 9.95. The first-order valence-electron chi connectivity index (χ1n) is 4.54. The quantitative estimate of drug-likeness (QED) is 0.809. The second kappa shape index (κ2) is 4.69. The third-order valence-corrected chi connectivity index (χ3v) is 2.95. The van der Waals surface area contributed by atoms with E-state index in [0.29, 0.717) is 10.9 Å². The molecule has 1 rings (SSSR count). The molecule has 0 aliphatic heterocycles. The zero-order valence-electron chi connectivity index (χ0n) is 8.18. The van der Waals surface area contributed by atoms with Gasteiger partial charge in [-0.25, -0.2) is 4.39 Å². The van der Waals surface area contributed by atoms with E-state index >= 15 is 0 Å². The van der Waals surface area contributed by atoms with Gasteiger partial charge in [0.05, 0.1) is 0 Å². The van der Waals surface area contributed by atoms with E-state index in [1.165, 1.54) is 12.1 Å². The van der Waals surface area contributed by atoms with Gasteiger partial charge in [-0.2, -0.15) is 0 Å². The molecular weight excluding hydrogens is 247 g/mol. The van der Waals surface area contributed by atoms with Crippen LogP contribution in [-0.4, -0.2) is 5.78 Å². The number of ketones is 1. The number of halogens is 2. The normalized spacial score (nSPS) is 12.6. The van der Waals surface area contributed by atoms with Crippen LogP contribution in [0.4, 0.5) is 4.39 Å². The number of rotatable bonds is 3. The van der Waals surface area contributed by atoms with Crippen molar-refractivity contribution < 1.29 is 9.18 Å². The third-order valence-electron chi connectivity index (χ3n) is 2.26. The smallest absolute Gasteiger partial charge is 0.139 e. The first-order chi connectivity index (χ1) is 6.56. The Morgan fingerprint density at radius 1 is 1.57 bits per heavy atom. The van der Waals surface area contributed by atoms with E-state index in [2.05, 4.69) is 15.9 Å². The van der Waals surface area contributed by atoms with Gasteiger partial charge in [-0.15, -0.1) is 0 Å². The zero-order chi connectivity index (χ0) is 10.7. The van der Waals surface area contributed by atoms with Crippen LogP contribution in [0, 0.1) is 5.82 Å². The molecule has 0 amide bonds. The van der Waals surface area contributed by atoms with Gasteiger partial charge < -0.3 is 0 Å². The Balaban J connectivity index is 3.01. The molecule has 0 saturated heterocycles. The monoisotopic (exact) mass is 258 g/mol. The standard InChI is InChI=1S/C11H12BrFO/c1-3-11(14)7(2)9-5-4-8(13)6-10(9)12/h4-7H,3H2,1-2H3. The summed E-state index contributed by atoms with van der Waals surface area (Å²) in [6, 6.07) is 4.41. The van der Waals surface area contributed by atoms with Crippen LogP contribution in [0.3, 0.4) is 0 Å². The summed E-state index contributed by atoms with van der Waals surface area (Å²) >= 11 is 3.25. The summed E-state index contributed by atoms with van der Waals surface area (Å²) in [5.74, 6) is -0.302. The number of carbonyl (C=O) groups is 1. The van der Waals surface area contributed by atoms with Crippen LogP contribution in [0.2, 0.25) is 0 Å². The zero-order valence-corrected chi connectivity index (χ0v) is 9.77. The van der Waals surface area contributed by atoms with Crippen LogP contribution >= 0.6 is 15.9 Å². The summed E-state index contributed by atoms with van der Waals surface area (Å²) in [7, 11) is 0. The van der Waals surface area contributed by atoms with Crippen LogP contribution in [0.25, 0.3) is 0 Å². The summed E-state index contributed by atoms with van der Waals surface area (Å²) in [6.45, 7) is 3.67. The van der Waals surface area contributed by atoms with Gasteiger partial charge in [0.15, 0.2) is 0 Å². The number of Topliss-reactive ketones (excluding diaryl/α,β-unsaturated/α-hetero) is 1. The van der Waals surface area contributed by atoms with E-state index in [-0.39, 0.29) is 17.5 Å². The molecule has 0 saturated carbocycles. The fourth-order valence-corrected chi connectivity index (χ4v) is 2.03. The Hall–Kier alpha value is -0.700. The minimum Gasteiger partial charge on any atom is -0.299 e. The van der Waals surface area contributed by atoms with Gasteiger partial charge in [0.1, 0.15) is 11.6 Å². The highest BCUT2D eigenvalue weighted by Gasteiger charge is 2.15. The Kier molecular flexibility index (Phi) is 3.81. The van der Waals surface area contributed by atoms with Gasteiger partial charge in [-0.3, -0.25) is 4.79 Å². The molecule has 0 spiro atoms. The highest BCUT2D eigenvalue weighted by atomic mass is 79.9. The van der Waals surface area contributed by atoms with E-state index in [9.17, 15) is 9.18 Å². The first-order valence-corrected chi connectivity index (χ1v) is 5.33. The van der Waals surface area contributed by atoms with Gasteiger partial charge in [-0.1, -0.05) is 35.8 Å². The van der Waals surface area contributed by atoms with Crippen LogP contribution in [-0.2, 0) is 4.79 Å². The molecule has 1 atom stereocenters. The number of carbonyl (C=O) groups excluding carboxylic acids is 1. The van der Waals surface area contributed by atoms with Gasteiger partial charge in [0.2, 0.25) is 0 Å². The maximum atomic E-state index is 12.8. The molecule has 0 N–H and O–H groups in total. The van der Waals surface area contributed by atoms with Crippen molar-refractivity contribution in [2.75, 3.05) is 0 Å². The highest BCUT2D eigenvalue weighted by Crippen LogP contribution is 2.26. The first kappa shape index (κ1) is 11.4. The average molecular weight is 259 g/mol. The molecule has 1 aromatic rings. The largest absolute Gasteiger partial charge is 0.299 e. The molecule has 1 aromatic carbocycles. The molecule has 0 aliphatic rings. The van der Waals surface area contributed by atoms with E-state index in [0.717, 1.165) is 5.56 Å². The lowest BCUT2D eigenvalue weighted by molar-refractivity contribution is -0.119. The van der Waals surface area contributed by atoms with Crippen LogP contribution in [0.15, 0.2) is 22.7 Å². The van der Waals surface area contributed by atoms with E-state index in [1.54, 1.807) is 6.07 Å². The Bertz CT molecular complexity index is 349. The summed E-state index contributed by atoms with van der Waals surface area (Å²) in [5.41, 5.74) is 0.846. The third kappa shape index (κ3) is 2.41. The second-order valence-electron chi connectivity index (χ2n) is 3.21. The maximum absolute atomic E-state index is 12.8. The predicted octanol–water partition coefficient (Wildman–Crippen LogP) is 3.67. The van der Waals surface area contributed by atoms with Gasteiger partial charge in [-0.05, 0) is 17.7 Å². The maximum Gasteiger partial charge on any atom is 0.139 e. The van der Waals surface area contributed by atoms with Crippen molar-refractivity contribution in [3.8, 4) is 0 Å². The topological polar surface area (TPSA) is 17.1 Å². The van der Waals surface area contributed by atoms with Crippen molar-refractivity contribution in [3.63, 3.8) is 0 Å². The summed E-state index contributed by atoms with van der Waals surface area (Å²) in [6.07, 6.45) is 0.505. The second-order valence-corrected chi connectivity index (χ2v) is 4.06. The average Bonchev–Trinajstić information content (AvgIpc) is 2.15. The van der Waals surface area contributed by atoms with Crippen LogP contribution in [0.1, 0.15) is 31.7 Å². The van der Waals surface area contributed by atoms with Gasteiger partial charge in [0.25, 0.3) is 0 Å². The number of benzene rings is 1. The lowest BCUT2D eigenvalue weighted by Gasteiger charge is -2.11. The predicted molar refractivity (Wildman–Crippen MR) is 57.8 cm³/mol. The molecule has 1 unspecified atom stereocenters. The fraction of sp³-hybridized carbons (Fsp3) is 0.364. The van der Waals surface area contributed by atoms with Gasteiger partial charge in [0, 0.05) is 16.8 Å². The molecular formula is C11H12BrFO. The van der Waals surface area contributed by atoms with Crippen molar-refractivity contribution in [1.82, 2.24) is 0 Å². The summed E-state index contributed by atoms with van der Waals surface area (Å²) in [4.78, 5) is 11.4. The van der Waals surface area contributed by atoms with Crippen molar-refractivity contribution in [2.45, 2.75) is 26.2 Å². The molecule has 0 heterocycles. The van der Waals surface area contributed by atoms with E-state index in [1.807, 2.05) is 13.8 Å². The fourth-order valence-electron chi connectivity index (χ4n) is 1.33. The van der Waals surface area contributed by atoms with E-state index in [4.69, 9.17) is 0 Å². The molecule has 1 nitrogen and oxygen atoms in total. The molecule has 76 valence electrons. The molecule has 3 heteroatoms. The molecule has 0 fully saturated rings. The Labute approximate surface area is 91.5 Å². The molecule has 14 heavy (non-hydrogen) atoms. The lowest BCUT2D eigenvalue weighted by Crippen LogP contribution is -2.08. The molecule has 0 bridgehead atoms. The van der Waals surface area contributed by atoms with Gasteiger partial charge >= 0.3 is 0 Å². The SMILES string of the molecule is CCC(=O)C(C)c1ccc(F)cc1Br. The Morgan fingerprint density at radius 3 is 2.71 bits per heavy atom. The van der Waals surface area contributed by atoms with E-state index < -0.39 is 0 Å². The highest BCUT2D eigenvalue weighted by molar-refractivity contribution is 9.10. The van der Waals surface area contributed by atoms with Crippen molar-refractivity contribution in [3.05, 3.63) is 34.1 Å². The summed E-state index contributed by atoms with van der Waals surface area (Å²) < 4.78 is 13.4.